The predicted octanol–water partition coefficient (Wildman–Crippen LogP) is 5.07. The van der Waals surface area contributed by atoms with Crippen LogP contribution in [0, 0.1) is 0 Å². The molecule has 4 heteroatoms. The molecule has 0 bridgehead atoms. The van der Waals surface area contributed by atoms with Crippen LogP contribution in [0.15, 0.2) is 54.6 Å². The maximum Gasteiger partial charge on any atom is 0.119 e. The fraction of sp³-hybridized carbons (Fsp3) is 0.520. The zero-order valence-electron chi connectivity index (χ0n) is 17.9. The van der Waals surface area contributed by atoms with E-state index in [4.69, 9.17) is 14.2 Å². The summed E-state index contributed by atoms with van der Waals surface area (Å²) in [5, 5.41) is 0. The molecule has 0 aromatic heterocycles. The molecule has 1 atom stereocenters. The third kappa shape index (κ3) is 7.37. The molecule has 2 aromatic rings. The number of unbranched alkanes of at least 4 members (excludes halogenated alkanes) is 1. The van der Waals surface area contributed by atoms with Crippen molar-refractivity contribution in [3.05, 3.63) is 60.2 Å². The Morgan fingerprint density at radius 2 is 1.52 bits per heavy atom. The summed E-state index contributed by atoms with van der Waals surface area (Å²) < 4.78 is 18.6. The van der Waals surface area contributed by atoms with Crippen molar-refractivity contribution >= 4 is 0 Å². The molecule has 0 spiro atoms. The second-order valence-corrected chi connectivity index (χ2v) is 8.00. The lowest BCUT2D eigenvalue weighted by molar-refractivity contribution is -0.939. The molecule has 0 amide bonds. The fourth-order valence-corrected chi connectivity index (χ4v) is 3.96. The molecule has 29 heavy (non-hydrogen) atoms. The van der Waals surface area contributed by atoms with Crippen LogP contribution in [0.3, 0.4) is 0 Å². The first-order valence-corrected chi connectivity index (χ1v) is 11.1. The van der Waals surface area contributed by atoms with Gasteiger partial charge in [0.1, 0.15) is 24.6 Å². The van der Waals surface area contributed by atoms with E-state index in [9.17, 15) is 0 Å². The quantitative estimate of drug-likeness (QED) is 0.391. The van der Waals surface area contributed by atoms with Crippen molar-refractivity contribution in [1.82, 2.24) is 0 Å². The Morgan fingerprint density at radius 3 is 2.21 bits per heavy atom. The van der Waals surface area contributed by atoms with E-state index in [-0.39, 0.29) is 0 Å². The molecular formula is C25H36NO3+. The highest BCUT2D eigenvalue weighted by Crippen LogP contribution is 2.21. The Hall–Kier alpha value is -2.04. The van der Waals surface area contributed by atoms with Crippen LogP contribution in [-0.4, -0.2) is 50.5 Å². The summed E-state index contributed by atoms with van der Waals surface area (Å²) in [4.78, 5) is 0. The monoisotopic (exact) mass is 398 g/mol. The molecule has 2 aromatic carbocycles. The van der Waals surface area contributed by atoms with Gasteiger partial charge in [-0.05, 0) is 30.7 Å². The van der Waals surface area contributed by atoms with Gasteiger partial charge in [-0.3, -0.25) is 0 Å². The summed E-state index contributed by atoms with van der Waals surface area (Å²) >= 11 is 0. The molecule has 3 rings (SSSR count). The summed E-state index contributed by atoms with van der Waals surface area (Å²) in [6.45, 7) is 9.89. The minimum absolute atomic E-state index is 0.742. The summed E-state index contributed by atoms with van der Waals surface area (Å²) in [7, 11) is 0. The number of nitrogens with zero attached hydrogens (tertiary/aromatic N) is 1. The van der Waals surface area contributed by atoms with Crippen LogP contribution < -0.4 is 9.47 Å². The van der Waals surface area contributed by atoms with Gasteiger partial charge in [0.2, 0.25) is 0 Å². The third-order valence-corrected chi connectivity index (χ3v) is 5.63. The molecular weight excluding hydrogens is 362 g/mol. The maximum absolute atomic E-state index is 6.01. The first kappa shape index (κ1) is 21.7. The van der Waals surface area contributed by atoms with Gasteiger partial charge in [0.25, 0.3) is 0 Å². The maximum atomic E-state index is 6.01. The third-order valence-electron chi connectivity index (χ3n) is 5.63. The SMILES string of the molecule is CCCCOc1ccc(OCCC[N+]2(Cc3ccccc3)CCCOCC2)cc1. The van der Waals surface area contributed by atoms with Crippen molar-refractivity contribution in [2.24, 2.45) is 0 Å². The minimum Gasteiger partial charge on any atom is -0.494 e. The lowest BCUT2D eigenvalue weighted by atomic mass is 10.1. The highest BCUT2D eigenvalue weighted by atomic mass is 16.5. The Bertz CT molecular complexity index is 679. The molecule has 158 valence electrons. The number of hydrogen-bond acceptors (Lipinski definition) is 3. The van der Waals surface area contributed by atoms with Crippen molar-refractivity contribution in [3.8, 4) is 11.5 Å². The average molecular weight is 399 g/mol. The van der Waals surface area contributed by atoms with Gasteiger partial charge < -0.3 is 18.7 Å². The second kappa shape index (κ2) is 11.8. The van der Waals surface area contributed by atoms with Crippen LogP contribution in [-0.2, 0) is 11.3 Å². The predicted molar refractivity (Wildman–Crippen MR) is 117 cm³/mol. The lowest BCUT2D eigenvalue weighted by Crippen LogP contribution is -2.50. The summed E-state index contributed by atoms with van der Waals surface area (Å²) in [5.41, 5.74) is 1.41. The van der Waals surface area contributed by atoms with E-state index in [1.54, 1.807) is 0 Å². The zero-order chi connectivity index (χ0) is 20.2. The van der Waals surface area contributed by atoms with E-state index in [0.717, 1.165) is 87.7 Å². The number of ether oxygens (including phenoxy) is 3. The van der Waals surface area contributed by atoms with Gasteiger partial charge in [0, 0.05) is 18.4 Å². The lowest BCUT2D eigenvalue weighted by Gasteiger charge is -2.37. The van der Waals surface area contributed by atoms with Gasteiger partial charge in [-0.1, -0.05) is 43.7 Å². The largest absolute Gasteiger partial charge is 0.494 e. The Morgan fingerprint density at radius 1 is 0.828 bits per heavy atom. The summed E-state index contributed by atoms with van der Waals surface area (Å²) in [5.74, 6) is 1.84. The molecule has 0 saturated carbocycles. The van der Waals surface area contributed by atoms with Gasteiger partial charge in [-0.2, -0.15) is 0 Å². The number of hydrogen-bond donors (Lipinski definition) is 0. The van der Waals surface area contributed by atoms with Crippen molar-refractivity contribution < 1.29 is 18.7 Å². The molecule has 4 nitrogen and oxygen atoms in total. The molecule has 1 saturated heterocycles. The number of rotatable bonds is 11. The van der Waals surface area contributed by atoms with Gasteiger partial charge in [-0.15, -0.1) is 0 Å². The van der Waals surface area contributed by atoms with E-state index in [1.807, 2.05) is 24.3 Å². The van der Waals surface area contributed by atoms with Gasteiger partial charge in [-0.25, -0.2) is 0 Å². The molecule has 1 unspecified atom stereocenters. The van der Waals surface area contributed by atoms with Gasteiger partial charge in [0.05, 0.1) is 39.5 Å². The highest BCUT2D eigenvalue weighted by Gasteiger charge is 2.29. The van der Waals surface area contributed by atoms with E-state index < -0.39 is 0 Å². The van der Waals surface area contributed by atoms with Crippen LogP contribution in [0.25, 0.3) is 0 Å². The van der Waals surface area contributed by atoms with E-state index >= 15 is 0 Å². The summed E-state index contributed by atoms with van der Waals surface area (Å²) in [6, 6.07) is 18.9. The molecule has 0 radical (unpaired) electrons. The molecule has 1 aliphatic heterocycles. The van der Waals surface area contributed by atoms with Crippen molar-refractivity contribution in [1.29, 1.82) is 0 Å². The zero-order valence-corrected chi connectivity index (χ0v) is 17.9. The Kier molecular flexibility index (Phi) is 8.84. The minimum atomic E-state index is 0.742. The highest BCUT2D eigenvalue weighted by molar-refractivity contribution is 5.31. The molecule has 1 fully saturated rings. The van der Waals surface area contributed by atoms with Crippen molar-refractivity contribution in [2.75, 3.05) is 46.1 Å². The van der Waals surface area contributed by atoms with Crippen molar-refractivity contribution in [2.45, 2.75) is 39.2 Å². The fourth-order valence-electron chi connectivity index (χ4n) is 3.96. The van der Waals surface area contributed by atoms with Crippen LogP contribution in [0.2, 0.25) is 0 Å². The molecule has 0 N–H and O–H groups in total. The first-order chi connectivity index (χ1) is 14.3. The Balaban J connectivity index is 1.48. The van der Waals surface area contributed by atoms with E-state index in [1.165, 1.54) is 12.1 Å². The van der Waals surface area contributed by atoms with Gasteiger partial charge in [0.15, 0.2) is 0 Å². The smallest absolute Gasteiger partial charge is 0.119 e. The van der Waals surface area contributed by atoms with E-state index in [0.29, 0.717) is 0 Å². The normalized spacial score (nSPS) is 19.5. The van der Waals surface area contributed by atoms with Crippen LogP contribution in [0.1, 0.15) is 38.2 Å². The molecule has 1 aliphatic rings. The van der Waals surface area contributed by atoms with Crippen LogP contribution >= 0.6 is 0 Å². The first-order valence-electron chi connectivity index (χ1n) is 11.1. The topological polar surface area (TPSA) is 27.7 Å². The van der Waals surface area contributed by atoms with E-state index in [2.05, 4.69) is 37.3 Å². The number of benzene rings is 2. The molecule has 1 heterocycles. The standard InChI is InChI=1S/C25H36NO3/c1-2-3-19-28-24-11-13-25(14-12-24)29-20-8-16-26(15-7-18-27-21-17-26)22-23-9-5-4-6-10-23/h4-6,9-14H,2-3,7-8,15-22H2,1H3/q+1. The summed E-state index contributed by atoms with van der Waals surface area (Å²) in [6.07, 6.45) is 4.42. The second-order valence-electron chi connectivity index (χ2n) is 8.00. The van der Waals surface area contributed by atoms with Gasteiger partial charge >= 0.3 is 0 Å². The average Bonchev–Trinajstić information content (AvgIpc) is 2.99. The van der Waals surface area contributed by atoms with Crippen LogP contribution in [0.4, 0.5) is 0 Å². The number of quaternary nitrogens is 1. The Labute approximate surface area is 176 Å². The van der Waals surface area contributed by atoms with Crippen molar-refractivity contribution in [3.63, 3.8) is 0 Å². The molecule has 0 aliphatic carbocycles. The van der Waals surface area contributed by atoms with Crippen LogP contribution in [0.5, 0.6) is 11.5 Å².